The van der Waals surface area contributed by atoms with Crippen molar-refractivity contribution < 1.29 is 0 Å². The smallest absolute Gasteiger partial charge is 0.150 e. The highest BCUT2D eigenvalue weighted by atomic mass is 15.2. The minimum Gasteiger partial charge on any atom is -0.358 e. The highest BCUT2D eigenvalue weighted by molar-refractivity contribution is 5.55. The van der Waals surface area contributed by atoms with Gasteiger partial charge in [-0.15, -0.1) is 0 Å². The summed E-state index contributed by atoms with van der Waals surface area (Å²) in [6.07, 6.45) is 4.01. The van der Waals surface area contributed by atoms with Crippen molar-refractivity contribution >= 4 is 11.5 Å². The first kappa shape index (κ1) is 12.9. The van der Waals surface area contributed by atoms with Crippen LogP contribution in [0, 0.1) is 0 Å². The molecule has 4 heteroatoms. The first-order valence-corrected chi connectivity index (χ1v) is 6.56. The van der Waals surface area contributed by atoms with Gasteiger partial charge in [-0.25, -0.2) is 4.98 Å². The molecule has 0 aliphatic heterocycles. The van der Waals surface area contributed by atoms with Crippen molar-refractivity contribution in [2.24, 2.45) is 5.73 Å². The molecule has 0 saturated carbocycles. The number of nitrogens with two attached hydrogens (primary N) is 1. The van der Waals surface area contributed by atoms with Gasteiger partial charge in [0.1, 0.15) is 5.65 Å². The lowest BCUT2D eigenvalue weighted by atomic mass is 10.2. The molecule has 1 unspecified atom stereocenters. The van der Waals surface area contributed by atoms with Crippen molar-refractivity contribution in [1.29, 1.82) is 0 Å². The Labute approximate surface area is 108 Å². The molecule has 0 radical (unpaired) electrons. The summed E-state index contributed by atoms with van der Waals surface area (Å²) in [6.45, 7) is 5.22. The predicted octanol–water partition coefficient (Wildman–Crippen LogP) is 2.07. The largest absolute Gasteiger partial charge is 0.358 e. The van der Waals surface area contributed by atoms with Crippen molar-refractivity contribution in [1.82, 2.24) is 9.38 Å². The SMILES string of the molecule is CCCN(C)c1nc2ccccn2c1CC(C)N. The van der Waals surface area contributed by atoms with Crippen LogP contribution in [0.1, 0.15) is 26.0 Å². The molecule has 0 bridgehead atoms. The van der Waals surface area contributed by atoms with Gasteiger partial charge >= 0.3 is 0 Å². The Hall–Kier alpha value is -1.55. The van der Waals surface area contributed by atoms with Crippen LogP contribution in [0.25, 0.3) is 5.65 Å². The van der Waals surface area contributed by atoms with E-state index in [1.54, 1.807) is 0 Å². The fourth-order valence-electron chi connectivity index (χ4n) is 2.28. The minimum atomic E-state index is 0.138. The number of nitrogens with zero attached hydrogens (tertiary/aromatic N) is 3. The Morgan fingerprint density at radius 2 is 2.22 bits per heavy atom. The van der Waals surface area contributed by atoms with Crippen molar-refractivity contribution in [3.05, 3.63) is 30.1 Å². The summed E-state index contributed by atoms with van der Waals surface area (Å²) in [4.78, 5) is 6.93. The van der Waals surface area contributed by atoms with E-state index >= 15 is 0 Å². The third kappa shape index (κ3) is 2.48. The second kappa shape index (κ2) is 5.40. The number of hydrogen-bond acceptors (Lipinski definition) is 3. The lowest BCUT2D eigenvalue weighted by Gasteiger charge is -2.18. The van der Waals surface area contributed by atoms with Gasteiger partial charge in [0.15, 0.2) is 5.82 Å². The number of imidazole rings is 1. The van der Waals surface area contributed by atoms with E-state index in [2.05, 4.69) is 29.5 Å². The molecule has 0 amide bonds. The molecule has 2 aromatic heterocycles. The van der Waals surface area contributed by atoms with Gasteiger partial charge in [0.2, 0.25) is 0 Å². The topological polar surface area (TPSA) is 46.6 Å². The van der Waals surface area contributed by atoms with Crippen LogP contribution in [-0.4, -0.2) is 29.0 Å². The van der Waals surface area contributed by atoms with Crippen LogP contribution in [-0.2, 0) is 6.42 Å². The van der Waals surface area contributed by atoms with E-state index in [-0.39, 0.29) is 6.04 Å². The van der Waals surface area contributed by atoms with Crippen LogP contribution < -0.4 is 10.6 Å². The van der Waals surface area contributed by atoms with Gasteiger partial charge in [-0.2, -0.15) is 0 Å². The molecule has 2 heterocycles. The van der Waals surface area contributed by atoms with Crippen LogP contribution in [0.3, 0.4) is 0 Å². The van der Waals surface area contributed by atoms with Crippen LogP contribution in [0.4, 0.5) is 5.82 Å². The Morgan fingerprint density at radius 1 is 1.44 bits per heavy atom. The van der Waals surface area contributed by atoms with E-state index in [1.807, 2.05) is 25.1 Å². The average molecular weight is 246 g/mol. The molecule has 0 spiro atoms. The highest BCUT2D eigenvalue weighted by Crippen LogP contribution is 2.22. The summed E-state index contributed by atoms with van der Waals surface area (Å²) in [5.74, 6) is 1.06. The molecule has 0 saturated heterocycles. The van der Waals surface area contributed by atoms with Crippen molar-refractivity contribution in [3.63, 3.8) is 0 Å². The van der Waals surface area contributed by atoms with E-state index in [0.717, 1.165) is 30.9 Å². The van der Waals surface area contributed by atoms with Crippen LogP contribution >= 0.6 is 0 Å². The number of hydrogen-bond donors (Lipinski definition) is 1. The van der Waals surface area contributed by atoms with E-state index in [0.29, 0.717) is 0 Å². The van der Waals surface area contributed by atoms with Crippen LogP contribution in [0.2, 0.25) is 0 Å². The second-order valence-corrected chi connectivity index (χ2v) is 4.91. The van der Waals surface area contributed by atoms with Gasteiger partial charge in [0, 0.05) is 32.3 Å². The molecule has 2 aromatic rings. The molecule has 18 heavy (non-hydrogen) atoms. The summed E-state index contributed by atoms with van der Waals surface area (Å²) in [5, 5.41) is 0. The summed E-state index contributed by atoms with van der Waals surface area (Å²) >= 11 is 0. The average Bonchev–Trinajstić information content (AvgIpc) is 2.68. The third-order valence-electron chi connectivity index (χ3n) is 3.04. The Balaban J connectivity index is 2.49. The molecule has 1 atom stereocenters. The van der Waals surface area contributed by atoms with Gasteiger partial charge in [-0.3, -0.25) is 0 Å². The lowest BCUT2D eigenvalue weighted by molar-refractivity contribution is 0.711. The molecular weight excluding hydrogens is 224 g/mol. The van der Waals surface area contributed by atoms with Crippen molar-refractivity contribution in [2.75, 3.05) is 18.5 Å². The summed E-state index contributed by atoms with van der Waals surface area (Å²) in [6, 6.07) is 6.22. The number of anilines is 1. The van der Waals surface area contributed by atoms with Gasteiger partial charge in [-0.1, -0.05) is 13.0 Å². The third-order valence-corrected chi connectivity index (χ3v) is 3.04. The summed E-state index contributed by atoms with van der Waals surface area (Å²) in [5.41, 5.74) is 8.15. The maximum Gasteiger partial charge on any atom is 0.150 e. The molecule has 2 N–H and O–H groups in total. The lowest BCUT2D eigenvalue weighted by Crippen LogP contribution is -2.23. The first-order valence-electron chi connectivity index (χ1n) is 6.56. The Morgan fingerprint density at radius 3 is 2.89 bits per heavy atom. The van der Waals surface area contributed by atoms with Gasteiger partial charge in [0.05, 0.1) is 5.69 Å². The maximum absolute atomic E-state index is 5.96. The Bertz CT molecular complexity index is 515. The molecule has 0 fully saturated rings. The number of rotatable bonds is 5. The maximum atomic E-state index is 5.96. The zero-order valence-electron chi connectivity index (χ0n) is 11.4. The molecule has 98 valence electrons. The molecular formula is C14H22N4. The van der Waals surface area contributed by atoms with E-state index in [9.17, 15) is 0 Å². The second-order valence-electron chi connectivity index (χ2n) is 4.91. The first-order chi connectivity index (χ1) is 8.63. The van der Waals surface area contributed by atoms with Crippen molar-refractivity contribution in [3.8, 4) is 0 Å². The number of fused-ring (bicyclic) bond motifs is 1. The molecule has 0 aliphatic carbocycles. The fraction of sp³-hybridized carbons (Fsp3) is 0.500. The summed E-state index contributed by atoms with van der Waals surface area (Å²) < 4.78 is 2.14. The van der Waals surface area contributed by atoms with Crippen LogP contribution in [0.15, 0.2) is 24.4 Å². The number of pyridine rings is 1. The zero-order valence-corrected chi connectivity index (χ0v) is 11.4. The van der Waals surface area contributed by atoms with E-state index < -0.39 is 0 Å². The summed E-state index contributed by atoms with van der Waals surface area (Å²) in [7, 11) is 2.09. The minimum absolute atomic E-state index is 0.138. The monoisotopic (exact) mass is 246 g/mol. The molecule has 0 aliphatic rings. The molecule has 0 aromatic carbocycles. The predicted molar refractivity (Wildman–Crippen MR) is 76.1 cm³/mol. The normalized spacial score (nSPS) is 12.9. The highest BCUT2D eigenvalue weighted by Gasteiger charge is 2.16. The van der Waals surface area contributed by atoms with Crippen LogP contribution in [0.5, 0.6) is 0 Å². The van der Waals surface area contributed by atoms with E-state index in [1.165, 1.54) is 5.69 Å². The zero-order chi connectivity index (χ0) is 13.1. The molecule has 4 nitrogen and oxygen atoms in total. The van der Waals surface area contributed by atoms with Gasteiger partial charge < -0.3 is 15.0 Å². The van der Waals surface area contributed by atoms with E-state index in [4.69, 9.17) is 10.7 Å². The Kier molecular flexibility index (Phi) is 3.87. The fourth-order valence-corrected chi connectivity index (χ4v) is 2.28. The standard InChI is InChI=1S/C14H22N4/c1-4-8-17(3)14-12(10-11(2)15)18-9-6-5-7-13(18)16-14/h5-7,9,11H,4,8,10,15H2,1-3H3. The molecule has 2 rings (SSSR count). The number of aromatic nitrogens is 2. The van der Waals surface area contributed by atoms with Crippen molar-refractivity contribution in [2.45, 2.75) is 32.7 Å². The van der Waals surface area contributed by atoms with Gasteiger partial charge in [-0.05, 0) is 25.5 Å². The van der Waals surface area contributed by atoms with Gasteiger partial charge in [0.25, 0.3) is 0 Å². The quantitative estimate of drug-likeness (QED) is 0.878.